The average molecular weight is 254 g/mol. The van der Waals surface area contributed by atoms with Gasteiger partial charge in [0.05, 0.1) is 13.7 Å². The summed E-state index contributed by atoms with van der Waals surface area (Å²) in [6.45, 7) is 0.884. The van der Waals surface area contributed by atoms with Crippen LogP contribution in [0.4, 0.5) is 0 Å². The Bertz CT molecular complexity index is 188. The lowest BCUT2D eigenvalue weighted by Crippen LogP contribution is -3.00. The van der Waals surface area contributed by atoms with Crippen molar-refractivity contribution >= 4 is 0 Å². The first kappa shape index (κ1) is 9.90. The number of aliphatic hydroxyl groups is 1. The highest BCUT2D eigenvalue weighted by molar-refractivity contribution is 4.64. The maximum Gasteiger partial charge on any atom is 0.243 e. The molecule has 0 saturated heterocycles. The minimum Gasteiger partial charge on any atom is -1.00 e. The third-order valence-electron chi connectivity index (χ3n) is 1.18. The van der Waals surface area contributed by atoms with Crippen molar-refractivity contribution in [3.05, 3.63) is 18.7 Å². The van der Waals surface area contributed by atoms with Gasteiger partial charge < -0.3 is 29.1 Å². The predicted molar refractivity (Wildman–Crippen MR) is 32.7 cm³/mol. The zero-order valence-electron chi connectivity index (χ0n) is 5.87. The third-order valence-corrected chi connectivity index (χ3v) is 1.18. The third kappa shape index (κ3) is 2.66. The van der Waals surface area contributed by atoms with Crippen LogP contribution in [0.5, 0.6) is 0 Å². The van der Waals surface area contributed by atoms with Crippen LogP contribution in [0, 0.1) is 0 Å². The van der Waals surface area contributed by atoms with E-state index in [0.717, 1.165) is 0 Å². The zero-order chi connectivity index (χ0) is 6.69. The number of rotatable bonds is 2. The van der Waals surface area contributed by atoms with Crippen molar-refractivity contribution in [1.82, 2.24) is 4.57 Å². The smallest absolute Gasteiger partial charge is 0.243 e. The van der Waals surface area contributed by atoms with E-state index in [2.05, 4.69) is 0 Å². The standard InChI is InChI=1S/C6H11N2O.HI/c1-7-2-3-8(6-7)4-5-9;/h2-3,6,9H,4-5H2,1H3;1H/q+1;/p-1. The van der Waals surface area contributed by atoms with Crippen LogP contribution in [-0.2, 0) is 13.6 Å². The summed E-state index contributed by atoms with van der Waals surface area (Å²) in [5.41, 5.74) is 0. The van der Waals surface area contributed by atoms with Crippen molar-refractivity contribution in [2.24, 2.45) is 7.05 Å². The maximum absolute atomic E-state index is 8.50. The Hall–Kier alpha value is -0.100. The lowest BCUT2D eigenvalue weighted by atomic mass is 10.7. The first-order valence-corrected chi connectivity index (χ1v) is 2.95. The van der Waals surface area contributed by atoms with Crippen LogP contribution < -0.4 is 28.5 Å². The highest BCUT2D eigenvalue weighted by atomic mass is 127. The van der Waals surface area contributed by atoms with E-state index in [9.17, 15) is 0 Å². The molecule has 0 aliphatic heterocycles. The molecule has 58 valence electrons. The number of aryl methyl sites for hydroxylation is 1. The van der Waals surface area contributed by atoms with Gasteiger partial charge in [-0.3, -0.25) is 0 Å². The van der Waals surface area contributed by atoms with Crippen molar-refractivity contribution in [2.75, 3.05) is 6.61 Å². The van der Waals surface area contributed by atoms with E-state index in [-0.39, 0.29) is 30.6 Å². The number of aromatic nitrogens is 2. The normalized spacial score (nSPS) is 9.00. The lowest BCUT2D eigenvalue weighted by Gasteiger charge is -1.86. The zero-order valence-corrected chi connectivity index (χ0v) is 8.02. The first-order chi connectivity index (χ1) is 4.33. The van der Waals surface area contributed by atoms with Gasteiger partial charge in [-0.05, 0) is 0 Å². The number of halogens is 1. The Morgan fingerprint density at radius 3 is 2.70 bits per heavy atom. The summed E-state index contributed by atoms with van der Waals surface area (Å²) in [5.74, 6) is 0. The Kier molecular flexibility index (Phi) is 4.63. The second-order valence-electron chi connectivity index (χ2n) is 2.04. The van der Waals surface area contributed by atoms with Crippen LogP contribution in [0.2, 0.25) is 0 Å². The molecule has 3 nitrogen and oxygen atoms in total. The van der Waals surface area contributed by atoms with Crippen LogP contribution in [0.3, 0.4) is 0 Å². The molecule has 1 rings (SSSR count). The van der Waals surface area contributed by atoms with Gasteiger partial charge in [0.1, 0.15) is 18.9 Å². The van der Waals surface area contributed by atoms with Crippen LogP contribution >= 0.6 is 0 Å². The molecule has 10 heavy (non-hydrogen) atoms. The van der Waals surface area contributed by atoms with Crippen molar-refractivity contribution in [2.45, 2.75) is 6.54 Å². The van der Waals surface area contributed by atoms with Gasteiger partial charge in [0.2, 0.25) is 6.33 Å². The van der Waals surface area contributed by atoms with Gasteiger partial charge in [0, 0.05) is 0 Å². The molecule has 0 aromatic carbocycles. The quantitative estimate of drug-likeness (QED) is 0.427. The molecule has 0 radical (unpaired) electrons. The molecule has 1 aromatic heterocycles. The molecule has 0 atom stereocenters. The number of aliphatic hydroxyl groups excluding tert-OH is 1. The molecule has 1 aromatic rings. The van der Waals surface area contributed by atoms with E-state index >= 15 is 0 Å². The molecule has 1 N–H and O–H groups in total. The monoisotopic (exact) mass is 254 g/mol. The fourth-order valence-corrected chi connectivity index (χ4v) is 0.749. The molecule has 0 unspecified atom stereocenters. The fraction of sp³-hybridized carbons (Fsp3) is 0.500. The minimum atomic E-state index is 0. The Morgan fingerprint density at radius 2 is 2.30 bits per heavy atom. The van der Waals surface area contributed by atoms with E-state index < -0.39 is 0 Å². The molecule has 0 amide bonds. The second kappa shape index (κ2) is 4.68. The van der Waals surface area contributed by atoms with Gasteiger partial charge >= 0.3 is 0 Å². The van der Waals surface area contributed by atoms with E-state index in [1.165, 1.54) is 0 Å². The summed E-state index contributed by atoms with van der Waals surface area (Å²) in [5, 5.41) is 8.50. The van der Waals surface area contributed by atoms with Gasteiger partial charge in [0.25, 0.3) is 0 Å². The van der Waals surface area contributed by atoms with Gasteiger partial charge in [-0.2, -0.15) is 0 Å². The average Bonchev–Trinajstić information content (AvgIpc) is 2.17. The molecular weight excluding hydrogens is 243 g/mol. The number of imidazole rings is 1. The van der Waals surface area contributed by atoms with Crippen LogP contribution in [0.1, 0.15) is 0 Å². The van der Waals surface area contributed by atoms with Crippen LogP contribution in [-0.4, -0.2) is 16.3 Å². The summed E-state index contributed by atoms with van der Waals surface area (Å²) in [4.78, 5) is 0. The summed E-state index contributed by atoms with van der Waals surface area (Å²) in [7, 11) is 1.95. The Balaban J connectivity index is 0.000000810. The lowest BCUT2D eigenvalue weighted by molar-refractivity contribution is -0.671. The van der Waals surface area contributed by atoms with E-state index in [1.54, 1.807) is 0 Å². The van der Waals surface area contributed by atoms with E-state index in [0.29, 0.717) is 6.54 Å². The molecule has 4 heteroatoms. The van der Waals surface area contributed by atoms with Gasteiger partial charge in [-0.15, -0.1) is 0 Å². The van der Waals surface area contributed by atoms with Gasteiger partial charge in [-0.1, -0.05) is 0 Å². The fourth-order valence-electron chi connectivity index (χ4n) is 0.749. The largest absolute Gasteiger partial charge is 1.00 e. The summed E-state index contributed by atoms with van der Waals surface area (Å²) < 4.78 is 3.87. The predicted octanol–water partition coefficient (Wildman–Crippen LogP) is -3.69. The topological polar surface area (TPSA) is 29.0 Å². The van der Waals surface area contributed by atoms with Crippen molar-refractivity contribution in [1.29, 1.82) is 0 Å². The highest BCUT2D eigenvalue weighted by Gasteiger charge is 1.95. The van der Waals surface area contributed by atoms with Crippen molar-refractivity contribution in [3.8, 4) is 0 Å². The molecule has 0 bridgehead atoms. The molecule has 0 aliphatic rings. The van der Waals surface area contributed by atoms with Crippen molar-refractivity contribution < 1.29 is 33.7 Å². The SMILES string of the molecule is C[n+]1ccn(CCO)c1.[I-]. The van der Waals surface area contributed by atoms with E-state index in [1.807, 2.05) is 34.9 Å². The molecule has 0 saturated carbocycles. The summed E-state index contributed by atoms with van der Waals surface area (Å²) >= 11 is 0. The number of hydrogen-bond donors (Lipinski definition) is 1. The Morgan fingerprint density at radius 1 is 1.60 bits per heavy atom. The van der Waals surface area contributed by atoms with E-state index in [4.69, 9.17) is 5.11 Å². The second-order valence-corrected chi connectivity index (χ2v) is 2.04. The number of nitrogens with zero attached hydrogens (tertiary/aromatic N) is 2. The summed E-state index contributed by atoms with van der Waals surface area (Å²) in [6.07, 6.45) is 5.79. The molecular formula is C6H11IN2O. The van der Waals surface area contributed by atoms with Crippen LogP contribution in [0.15, 0.2) is 18.7 Å². The maximum atomic E-state index is 8.50. The van der Waals surface area contributed by atoms with Crippen LogP contribution in [0.25, 0.3) is 0 Å². The molecule has 0 aliphatic carbocycles. The van der Waals surface area contributed by atoms with Crippen molar-refractivity contribution in [3.63, 3.8) is 0 Å². The molecule has 0 spiro atoms. The summed E-state index contributed by atoms with van der Waals surface area (Å²) in [6, 6.07) is 0. The Labute approximate surface area is 77.3 Å². The van der Waals surface area contributed by atoms with Gasteiger partial charge in [0.15, 0.2) is 0 Å². The molecule has 1 heterocycles. The highest BCUT2D eigenvalue weighted by Crippen LogP contribution is 1.80. The molecule has 0 fully saturated rings. The first-order valence-electron chi connectivity index (χ1n) is 2.95. The minimum absolute atomic E-state index is 0. The van der Waals surface area contributed by atoms with Gasteiger partial charge in [-0.25, -0.2) is 9.13 Å². The number of hydrogen-bond acceptors (Lipinski definition) is 1.